The standard InChI is InChI=1S/C13H27NO4.C11H23NO4.C2H5.Y/c1-3-4-5-7-16-9-11-18-12-10-17-8-6-14-13(2)15;1-3-5-14-7-9-16-10-8-15-6-4-12-11(2)13;1-2;/h3-12H2,1-2H3,(H,14,15);3-10H2,1-2H3,(H,12,13);1H2,2H3;/q;;-1;. The minimum Gasteiger partial charge on any atom is -0.379 e. The number of carbonyl (C=O) groups excluding carboxylic acids is 2. The normalized spacial score (nSPS) is 9.78. The Morgan fingerprint density at radius 2 is 0.838 bits per heavy atom. The Morgan fingerprint density at radius 3 is 1.16 bits per heavy atom. The number of unbranched alkanes of at least 4 members (excludes halogenated alkanes) is 2. The van der Waals surface area contributed by atoms with E-state index in [4.69, 9.17) is 28.4 Å². The molecule has 37 heavy (non-hydrogen) atoms. The Hall–Kier alpha value is -0.196. The second-order valence-electron chi connectivity index (χ2n) is 7.35. The summed E-state index contributed by atoms with van der Waals surface area (Å²) in [5.74, 6) is -0.0667. The molecule has 2 amide bonds. The second-order valence-corrected chi connectivity index (χ2v) is 7.35. The van der Waals surface area contributed by atoms with Crippen LogP contribution < -0.4 is 10.6 Å². The average Bonchev–Trinajstić information content (AvgIpc) is 2.86. The summed E-state index contributed by atoms with van der Waals surface area (Å²) in [5.41, 5.74) is 0. The van der Waals surface area contributed by atoms with Crippen molar-refractivity contribution in [1.82, 2.24) is 10.6 Å². The van der Waals surface area contributed by atoms with Gasteiger partial charge in [0, 0.05) is 72.9 Å². The van der Waals surface area contributed by atoms with Gasteiger partial charge in [-0.3, -0.25) is 9.59 Å². The van der Waals surface area contributed by atoms with Crippen LogP contribution in [0.5, 0.6) is 0 Å². The van der Waals surface area contributed by atoms with E-state index in [0.717, 1.165) is 26.1 Å². The first-order valence-electron chi connectivity index (χ1n) is 13.2. The Morgan fingerprint density at radius 1 is 0.514 bits per heavy atom. The van der Waals surface area contributed by atoms with Crippen LogP contribution >= 0.6 is 0 Å². The molecule has 1 radical (unpaired) electrons. The number of carbonyl (C=O) groups is 2. The molecule has 0 aromatic heterocycles. The van der Waals surface area contributed by atoms with Crippen molar-refractivity contribution < 1.29 is 70.7 Å². The number of rotatable bonds is 24. The zero-order chi connectivity index (χ0) is 27.5. The number of hydrogen-bond donors (Lipinski definition) is 2. The van der Waals surface area contributed by atoms with Crippen molar-refractivity contribution in [3.8, 4) is 0 Å². The van der Waals surface area contributed by atoms with E-state index in [-0.39, 0.29) is 44.5 Å². The molecule has 0 fully saturated rings. The second kappa shape index (κ2) is 42.9. The first kappa shape index (κ1) is 43.8. The van der Waals surface area contributed by atoms with Crippen molar-refractivity contribution in [3.63, 3.8) is 0 Å². The molecule has 0 aliphatic rings. The summed E-state index contributed by atoms with van der Waals surface area (Å²) in [5, 5.41) is 5.30. The molecular weight excluding hydrogens is 557 g/mol. The molecule has 0 saturated heterocycles. The maximum absolute atomic E-state index is 10.5. The van der Waals surface area contributed by atoms with Crippen LogP contribution in [0.15, 0.2) is 0 Å². The Labute approximate surface area is 251 Å². The van der Waals surface area contributed by atoms with Gasteiger partial charge < -0.3 is 46.0 Å². The zero-order valence-electron chi connectivity index (χ0n) is 24.3. The van der Waals surface area contributed by atoms with Crippen LogP contribution in [0, 0.1) is 6.92 Å². The van der Waals surface area contributed by atoms with Gasteiger partial charge in [0.1, 0.15) is 0 Å². The first-order chi connectivity index (χ1) is 17.5. The molecule has 0 bridgehead atoms. The predicted molar refractivity (Wildman–Crippen MR) is 143 cm³/mol. The fourth-order valence-electron chi connectivity index (χ4n) is 2.28. The third-order valence-corrected chi connectivity index (χ3v) is 3.97. The van der Waals surface area contributed by atoms with Crippen LogP contribution in [-0.4, -0.2) is 104 Å². The van der Waals surface area contributed by atoms with Gasteiger partial charge in [-0.25, -0.2) is 0 Å². The van der Waals surface area contributed by atoms with Gasteiger partial charge in [-0.2, -0.15) is 6.92 Å². The molecule has 0 aromatic carbocycles. The number of hydrogen-bond acceptors (Lipinski definition) is 8. The third-order valence-electron chi connectivity index (χ3n) is 3.97. The van der Waals surface area contributed by atoms with Gasteiger partial charge in [-0.1, -0.05) is 26.7 Å². The summed E-state index contributed by atoms with van der Waals surface area (Å²) in [6, 6.07) is 0. The van der Waals surface area contributed by atoms with Gasteiger partial charge in [0.2, 0.25) is 11.8 Å². The summed E-state index contributed by atoms with van der Waals surface area (Å²) in [7, 11) is 0. The van der Waals surface area contributed by atoms with E-state index in [0.29, 0.717) is 79.2 Å². The number of amides is 2. The molecule has 0 rings (SSSR count). The van der Waals surface area contributed by atoms with Crippen LogP contribution in [0.1, 0.15) is 60.3 Å². The molecule has 0 spiro atoms. The van der Waals surface area contributed by atoms with E-state index in [2.05, 4.69) is 31.4 Å². The van der Waals surface area contributed by atoms with E-state index in [1.54, 1.807) is 6.92 Å². The van der Waals surface area contributed by atoms with Crippen LogP contribution in [0.2, 0.25) is 0 Å². The van der Waals surface area contributed by atoms with Crippen molar-refractivity contribution in [2.75, 3.05) is 92.4 Å². The maximum Gasteiger partial charge on any atom is 0.216 e. The largest absolute Gasteiger partial charge is 0.379 e. The quantitative estimate of drug-likeness (QED) is 0.126. The van der Waals surface area contributed by atoms with Crippen molar-refractivity contribution in [3.05, 3.63) is 6.92 Å². The van der Waals surface area contributed by atoms with Crippen LogP contribution in [-0.2, 0) is 70.7 Å². The minimum absolute atomic E-state index is 0. The molecule has 2 N–H and O–H groups in total. The molecule has 0 aliphatic carbocycles. The minimum atomic E-state index is -0.0343. The maximum atomic E-state index is 10.5. The fraction of sp³-hybridized carbons (Fsp3) is 0.885. The smallest absolute Gasteiger partial charge is 0.216 e. The molecule has 0 aliphatic heterocycles. The molecular formula is C26H55N2O8Y-. The van der Waals surface area contributed by atoms with E-state index in [1.807, 2.05) is 0 Å². The molecule has 10 nitrogen and oxygen atoms in total. The molecule has 0 unspecified atom stereocenters. The number of ether oxygens (including phenoxy) is 6. The van der Waals surface area contributed by atoms with E-state index >= 15 is 0 Å². The summed E-state index contributed by atoms with van der Waals surface area (Å²) < 4.78 is 31.7. The summed E-state index contributed by atoms with van der Waals surface area (Å²) in [6.07, 6.45) is 4.60. The van der Waals surface area contributed by atoms with Crippen LogP contribution in [0.25, 0.3) is 0 Å². The van der Waals surface area contributed by atoms with Crippen molar-refractivity contribution in [2.24, 2.45) is 0 Å². The summed E-state index contributed by atoms with van der Waals surface area (Å²) in [6.45, 7) is 20.7. The van der Waals surface area contributed by atoms with Crippen molar-refractivity contribution in [2.45, 2.75) is 60.3 Å². The van der Waals surface area contributed by atoms with Crippen LogP contribution in [0.3, 0.4) is 0 Å². The SMILES string of the molecule is CCCCCOCCOCCOCCNC(C)=O.CCCOCCOCCOCCNC(C)=O.[CH2-]C.[Y]. The number of nitrogens with one attached hydrogen (secondary N) is 2. The predicted octanol–water partition coefficient (Wildman–Crippen LogP) is 2.78. The molecule has 11 heteroatoms. The van der Waals surface area contributed by atoms with E-state index in [9.17, 15) is 9.59 Å². The molecule has 221 valence electrons. The molecule has 0 aromatic rings. The molecule has 0 saturated carbocycles. The van der Waals surface area contributed by atoms with Crippen LogP contribution in [0.4, 0.5) is 0 Å². The Kier molecular flexibility index (Phi) is 50.8. The zero-order valence-corrected chi connectivity index (χ0v) is 27.1. The van der Waals surface area contributed by atoms with Gasteiger partial charge >= 0.3 is 0 Å². The van der Waals surface area contributed by atoms with Gasteiger partial charge in [0.15, 0.2) is 0 Å². The van der Waals surface area contributed by atoms with Gasteiger partial charge in [-0.05, 0) is 12.8 Å². The third kappa shape index (κ3) is 52.9. The topological polar surface area (TPSA) is 114 Å². The van der Waals surface area contributed by atoms with Gasteiger partial charge in [0.05, 0.1) is 66.1 Å². The van der Waals surface area contributed by atoms with Crippen molar-refractivity contribution >= 4 is 11.8 Å². The Balaban J connectivity index is -0.000000270. The van der Waals surface area contributed by atoms with E-state index in [1.165, 1.54) is 26.7 Å². The molecule has 0 atom stereocenters. The van der Waals surface area contributed by atoms with Gasteiger partial charge in [-0.15, -0.1) is 0 Å². The molecule has 0 heterocycles. The fourth-order valence-corrected chi connectivity index (χ4v) is 2.28. The van der Waals surface area contributed by atoms with E-state index < -0.39 is 0 Å². The summed E-state index contributed by atoms with van der Waals surface area (Å²) >= 11 is 0. The first-order valence-corrected chi connectivity index (χ1v) is 13.2. The monoisotopic (exact) mass is 612 g/mol. The average molecular weight is 613 g/mol. The van der Waals surface area contributed by atoms with Gasteiger partial charge in [0.25, 0.3) is 0 Å². The Bertz CT molecular complexity index is 435. The van der Waals surface area contributed by atoms with Crippen molar-refractivity contribution in [1.29, 1.82) is 0 Å². The summed E-state index contributed by atoms with van der Waals surface area (Å²) in [4.78, 5) is 21.0.